The molecule has 1 atom stereocenters. The molecule has 3 aromatic rings. The molecule has 2 aliphatic rings. The number of esters is 1. The smallest absolute Gasteiger partial charge is 0.343 e. The van der Waals surface area contributed by atoms with Gasteiger partial charge in [-0.15, -0.1) is 0 Å². The Morgan fingerprint density at radius 1 is 1.00 bits per heavy atom. The van der Waals surface area contributed by atoms with E-state index in [1.165, 1.54) is 57.7 Å². The summed E-state index contributed by atoms with van der Waals surface area (Å²) in [5.41, 5.74) is 2.62. The highest BCUT2D eigenvalue weighted by Crippen LogP contribution is 2.50. The van der Waals surface area contributed by atoms with E-state index in [9.17, 15) is 14.0 Å². The summed E-state index contributed by atoms with van der Waals surface area (Å²) in [5.74, 6) is 0.0738. The first-order valence-corrected chi connectivity index (χ1v) is 12.5. The second-order valence-electron chi connectivity index (χ2n) is 10.2. The number of hydrogen-bond donors (Lipinski definition) is 0. The molecule has 3 aromatic carbocycles. The van der Waals surface area contributed by atoms with Gasteiger partial charge in [0.2, 0.25) is 5.75 Å². The lowest BCUT2D eigenvalue weighted by Crippen LogP contribution is -2.50. The van der Waals surface area contributed by atoms with Crippen LogP contribution in [0.15, 0.2) is 53.5 Å². The Kier molecular flexibility index (Phi) is 6.54. The number of rotatable bonds is 6. The van der Waals surface area contributed by atoms with Gasteiger partial charge in [0.15, 0.2) is 11.5 Å². The molecule has 0 aliphatic carbocycles. The van der Waals surface area contributed by atoms with Crippen molar-refractivity contribution in [2.75, 3.05) is 26.2 Å². The third-order valence-corrected chi connectivity index (χ3v) is 7.12. The molecule has 2 heterocycles. The summed E-state index contributed by atoms with van der Waals surface area (Å²) in [6.45, 7) is 6.12. The van der Waals surface area contributed by atoms with E-state index in [2.05, 4.69) is 11.9 Å². The minimum absolute atomic E-state index is 0.0859. The molecule has 0 saturated heterocycles. The number of benzene rings is 3. The van der Waals surface area contributed by atoms with Crippen LogP contribution in [0.3, 0.4) is 0 Å². The van der Waals surface area contributed by atoms with Crippen molar-refractivity contribution < 1.29 is 32.9 Å². The zero-order chi connectivity index (χ0) is 28.1. The fourth-order valence-electron chi connectivity index (χ4n) is 5.46. The molecule has 8 nitrogen and oxygen atoms in total. The van der Waals surface area contributed by atoms with Crippen molar-refractivity contribution in [3.05, 3.63) is 71.0 Å². The molecular weight excluding hydrogens is 503 g/mol. The molecule has 0 radical (unpaired) electrons. The Morgan fingerprint density at radius 2 is 1.64 bits per heavy atom. The molecule has 5 rings (SSSR count). The molecule has 0 unspecified atom stereocenters. The number of amides is 1. The largest absolute Gasteiger partial charge is 0.493 e. The summed E-state index contributed by atoms with van der Waals surface area (Å²) < 4.78 is 35.4. The molecule has 39 heavy (non-hydrogen) atoms. The number of methoxy groups -OCH3 is 3. The maximum absolute atomic E-state index is 13.7. The maximum atomic E-state index is 13.7. The molecule has 0 saturated carbocycles. The van der Waals surface area contributed by atoms with Crippen molar-refractivity contribution in [1.82, 2.24) is 0 Å². The average molecular weight is 533 g/mol. The monoisotopic (exact) mass is 532 g/mol. The fraction of sp³-hybridized carbons (Fsp3) is 0.300. The van der Waals surface area contributed by atoms with E-state index >= 15 is 0 Å². The first-order valence-electron chi connectivity index (χ1n) is 12.5. The van der Waals surface area contributed by atoms with E-state index in [-0.39, 0.29) is 28.8 Å². The average Bonchev–Trinajstić information content (AvgIpc) is 3.19. The van der Waals surface area contributed by atoms with Gasteiger partial charge < -0.3 is 23.8 Å². The van der Waals surface area contributed by atoms with Crippen LogP contribution in [-0.4, -0.2) is 44.5 Å². The van der Waals surface area contributed by atoms with Gasteiger partial charge in [-0.1, -0.05) is 6.92 Å². The molecule has 2 aliphatic heterocycles. The van der Waals surface area contributed by atoms with Crippen LogP contribution in [-0.2, 0) is 4.79 Å². The quantitative estimate of drug-likeness (QED) is 0.294. The SMILES string of the molecule is COc1cc(C(=O)Oc2cc3c4c(c2)[C@@H](C)CC(C)(C)N4C(=O)C3=Nc2ccc(F)cc2)cc(OC)c1OC. The van der Waals surface area contributed by atoms with Gasteiger partial charge in [-0.2, -0.15) is 0 Å². The van der Waals surface area contributed by atoms with Crippen molar-refractivity contribution in [3.63, 3.8) is 0 Å². The highest BCUT2D eigenvalue weighted by atomic mass is 19.1. The maximum Gasteiger partial charge on any atom is 0.343 e. The summed E-state index contributed by atoms with van der Waals surface area (Å²) >= 11 is 0. The van der Waals surface area contributed by atoms with Crippen LogP contribution in [0.25, 0.3) is 0 Å². The summed E-state index contributed by atoms with van der Waals surface area (Å²) in [6, 6.07) is 12.1. The Bertz CT molecular complexity index is 1490. The third kappa shape index (κ3) is 4.47. The number of carbonyl (C=O) groups excluding carboxylic acids is 2. The molecule has 0 fully saturated rings. The molecule has 0 spiro atoms. The Hall–Kier alpha value is -4.40. The molecule has 202 valence electrons. The predicted octanol–water partition coefficient (Wildman–Crippen LogP) is 5.82. The number of hydrogen-bond acceptors (Lipinski definition) is 7. The number of aliphatic imine (C=N–C) groups is 1. The van der Waals surface area contributed by atoms with Crippen LogP contribution < -0.4 is 23.8 Å². The highest BCUT2D eigenvalue weighted by Gasteiger charge is 2.48. The second kappa shape index (κ2) is 9.72. The van der Waals surface area contributed by atoms with E-state index in [4.69, 9.17) is 18.9 Å². The molecule has 0 aromatic heterocycles. The summed E-state index contributed by atoms with van der Waals surface area (Å²) in [7, 11) is 4.41. The van der Waals surface area contributed by atoms with Crippen LogP contribution in [0.5, 0.6) is 23.0 Å². The van der Waals surface area contributed by atoms with Gasteiger partial charge in [0.25, 0.3) is 5.91 Å². The minimum Gasteiger partial charge on any atom is -0.493 e. The number of carbonyl (C=O) groups is 2. The number of halogens is 1. The lowest BCUT2D eigenvalue weighted by atomic mass is 9.80. The van der Waals surface area contributed by atoms with Crippen molar-refractivity contribution in [2.45, 2.75) is 38.6 Å². The van der Waals surface area contributed by atoms with Crippen molar-refractivity contribution in [3.8, 4) is 23.0 Å². The van der Waals surface area contributed by atoms with Gasteiger partial charge in [-0.25, -0.2) is 14.2 Å². The topological polar surface area (TPSA) is 86.7 Å². The minimum atomic E-state index is -0.636. The first kappa shape index (κ1) is 26.2. The summed E-state index contributed by atoms with van der Waals surface area (Å²) in [4.78, 5) is 33.3. The van der Waals surface area contributed by atoms with Crippen LogP contribution >= 0.6 is 0 Å². The van der Waals surface area contributed by atoms with Crippen molar-refractivity contribution >= 4 is 29.0 Å². The summed E-state index contributed by atoms with van der Waals surface area (Å²) in [5, 5.41) is 0. The summed E-state index contributed by atoms with van der Waals surface area (Å²) in [6.07, 6.45) is 0.708. The highest BCUT2D eigenvalue weighted by molar-refractivity contribution is 6.55. The molecule has 0 bridgehead atoms. The van der Waals surface area contributed by atoms with Crippen LogP contribution in [0.4, 0.5) is 15.8 Å². The zero-order valence-electron chi connectivity index (χ0n) is 22.6. The van der Waals surface area contributed by atoms with E-state index in [0.717, 1.165) is 11.3 Å². The van der Waals surface area contributed by atoms with Gasteiger partial charge >= 0.3 is 5.97 Å². The van der Waals surface area contributed by atoms with E-state index < -0.39 is 17.3 Å². The first-order chi connectivity index (χ1) is 18.6. The van der Waals surface area contributed by atoms with Gasteiger partial charge in [0.05, 0.1) is 38.3 Å². The van der Waals surface area contributed by atoms with Gasteiger partial charge in [0.1, 0.15) is 17.3 Å². The Labute approximate surface area is 226 Å². The predicted molar refractivity (Wildman–Crippen MR) is 145 cm³/mol. The van der Waals surface area contributed by atoms with Gasteiger partial charge in [0, 0.05) is 11.1 Å². The Balaban J connectivity index is 1.60. The lowest BCUT2D eigenvalue weighted by Gasteiger charge is -2.43. The number of ether oxygens (including phenoxy) is 4. The third-order valence-electron chi connectivity index (χ3n) is 7.12. The van der Waals surface area contributed by atoms with E-state index in [1.54, 1.807) is 17.0 Å². The number of anilines is 1. The molecule has 9 heteroatoms. The normalized spacial score (nSPS) is 18.1. The van der Waals surface area contributed by atoms with Crippen LogP contribution in [0, 0.1) is 5.82 Å². The molecular formula is C30H29FN2O6. The van der Waals surface area contributed by atoms with Crippen LogP contribution in [0.2, 0.25) is 0 Å². The van der Waals surface area contributed by atoms with Crippen molar-refractivity contribution in [1.29, 1.82) is 0 Å². The van der Waals surface area contributed by atoms with E-state index in [0.29, 0.717) is 34.9 Å². The fourth-order valence-corrected chi connectivity index (χ4v) is 5.46. The molecule has 0 N–H and O–H groups in total. The van der Waals surface area contributed by atoms with E-state index in [1.807, 2.05) is 13.8 Å². The van der Waals surface area contributed by atoms with Crippen molar-refractivity contribution in [2.24, 2.45) is 4.99 Å². The molecule has 1 amide bonds. The number of nitrogens with zero attached hydrogens (tertiary/aromatic N) is 2. The van der Waals surface area contributed by atoms with Gasteiger partial charge in [-0.05, 0) is 80.3 Å². The Morgan fingerprint density at radius 3 is 2.23 bits per heavy atom. The second-order valence-corrected chi connectivity index (χ2v) is 10.2. The standard InChI is InChI=1S/C30H29FN2O6/c1-16-15-30(2,3)33-26-21(16)13-20(14-22(26)25(28(33)34)32-19-9-7-18(31)8-10-19)39-29(35)17-11-23(36-4)27(38-6)24(12-17)37-5/h7-14,16H,15H2,1-6H3/t16-/m0/s1. The lowest BCUT2D eigenvalue weighted by molar-refractivity contribution is -0.113. The zero-order valence-corrected chi connectivity index (χ0v) is 22.6. The van der Waals surface area contributed by atoms with Gasteiger partial charge in [-0.3, -0.25) is 4.79 Å². The van der Waals surface area contributed by atoms with Crippen LogP contribution in [0.1, 0.15) is 54.6 Å².